The average molecular weight is 360 g/mol. The van der Waals surface area contributed by atoms with E-state index < -0.39 is 15.6 Å². The van der Waals surface area contributed by atoms with Crippen LogP contribution in [0, 0.1) is 5.41 Å². The van der Waals surface area contributed by atoms with Crippen LogP contribution in [-0.2, 0) is 21.2 Å². The zero-order valence-corrected chi connectivity index (χ0v) is 17.1. The molecule has 0 bridgehead atoms. The number of hydrogen-bond donors (Lipinski definition) is 1. The first kappa shape index (κ1) is 21.1. The number of nitrogens with one attached hydrogen (secondary N) is 1. The molecule has 0 amide bonds. The third-order valence-corrected chi connectivity index (χ3v) is 5.67. The van der Waals surface area contributed by atoms with Gasteiger partial charge in [0.2, 0.25) is 10.0 Å². The summed E-state index contributed by atoms with van der Waals surface area (Å²) in [5, 5.41) is 6.96. The van der Waals surface area contributed by atoms with Crippen molar-refractivity contribution in [1.29, 1.82) is 0 Å². The standard InChI is InChI=1S/C17H33N3O3S/c1-13(16(2,3)4)23-12-15(11-14-9-10-18-19-14)20(17(5,6)7)24(8,21)22/h9-10,13,15H,11-12H2,1-8H3,(H,18,19). The first-order chi connectivity index (χ1) is 10.7. The van der Waals surface area contributed by atoms with Crippen molar-refractivity contribution in [1.82, 2.24) is 14.5 Å². The van der Waals surface area contributed by atoms with E-state index in [1.807, 2.05) is 33.8 Å². The van der Waals surface area contributed by atoms with Gasteiger partial charge in [-0.15, -0.1) is 0 Å². The highest BCUT2D eigenvalue weighted by atomic mass is 32.2. The molecular weight excluding hydrogens is 326 g/mol. The van der Waals surface area contributed by atoms with E-state index in [-0.39, 0.29) is 17.6 Å². The predicted molar refractivity (Wildman–Crippen MR) is 97.4 cm³/mol. The Morgan fingerprint density at radius 1 is 1.25 bits per heavy atom. The summed E-state index contributed by atoms with van der Waals surface area (Å²) in [6, 6.07) is 1.55. The molecule has 0 spiro atoms. The number of H-pyrrole nitrogens is 1. The zero-order chi connectivity index (χ0) is 18.8. The molecule has 0 aliphatic heterocycles. The van der Waals surface area contributed by atoms with E-state index in [0.29, 0.717) is 13.0 Å². The Balaban J connectivity index is 3.07. The van der Waals surface area contributed by atoms with Gasteiger partial charge in [0.1, 0.15) is 0 Å². The van der Waals surface area contributed by atoms with Gasteiger partial charge < -0.3 is 4.74 Å². The number of ether oxygens (including phenoxy) is 1. The largest absolute Gasteiger partial charge is 0.376 e. The van der Waals surface area contributed by atoms with E-state index in [4.69, 9.17) is 4.74 Å². The third kappa shape index (κ3) is 6.18. The summed E-state index contributed by atoms with van der Waals surface area (Å²) in [6.07, 6.45) is 3.51. The van der Waals surface area contributed by atoms with E-state index in [1.165, 1.54) is 6.26 Å². The summed E-state index contributed by atoms with van der Waals surface area (Å²) in [5.74, 6) is 0. The molecular formula is C17H33N3O3S. The maximum atomic E-state index is 12.4. The summed E-state index contributed by atoms with van der Waals surface area (Å²) >= 11 is 0. The highest BCUT2D eigenvalue weighted by Gasteiger charge is 2.37. The quantitative estimate of drug-likeness (QED) is 0.812. The maximum Gasteiger partial charge on any atom is 0.212 e. The second-order valence-electron chi connectivity index (χ2n) is 8.49. The number of aromatic nitrogens is 2. The Morgan fingerprint density at radius 3 is 2.21 bits per heavy atom. The molecule has 0 saturated carbocycles. The molecule has 1 N–H and O–H groups in total. The molecule has 2 unspecified atom stereocenters. The summed E-state index contributed by atoms with van der Waals surface area (Å²) in [7, 11) is -3.39. The predicted octanol–water partition coefficient (Wildman–Crippen LogP) is 2.83. The van der Waals surface area contributed by atoms with Crippen molar-refractivity contribution in [2.75, 3.05) is 12.9 Å². The van der Waals surface area contributed by atoms with Crippen molar-refractivity contribution in [2.45, 2.75) is 72.6 Å². The highest BCUT2D eigenvalue weighted by Crippen LogP contribution is 2.26. The normalized spacial score (nSPS) is 16.4. The monoisotopic (exact) mass is 359 g/mol. The first-order valence-electron chi connectivity index (χ1n) is 8.32. The minimum Gasteiger partial charge on any atom is -0.376 e. The number of hydrogen-bond acceptors (Lipinski definition) is 4. The van der Waals surface area contributed by atoms with Crippen LogP contribution in [0.4, 0.5) is 0 Å². The zero-order valence-electron chi connectivity index (χ0n) is 16.3. The summed E-state index contributed by atoms with van der Waals surface area (Å²) < 4.78 is 32.5. The molecule has 0 radical (unpaired) electrons. The fraction of sp³-hybridized carbons (Fsp3) is 0.824. The third-order valence-electron chi connectivity index (χ3n) is 4.11. The van der Waals surface area contributed by atoms with Crippen LogP contribution < -0.4 is 0 Å². The second kappa shape index (κ2) is 7.54. The fourth-order valence-electron chi connectivity index (χ4n) is 2.68. The molecule has 1 rings (SSSR count). The Labute approximate surface area is 147 Å². The van der Waals surface area contributed by atoms with Gasteiger partial charge in [-0.05, 0) is 39.2 Å². The van der Waals surface area contributed by atoms with Crippen molar-refractivity contribution < 1.29 is 13.2 Å². The molecule has 2 atom stereocenters. The van der Waals surface area contributed by atoms with Gasteiger partial charge in [-0.25, -0.2) is 8.42 Å². The average Bonchev–Trinajstić information content (AvgIpc) is 2.83. The Kier molecular flexibility index (Phi) is 6.63. The van der Waals surface area contributed by atoms with Gasteiger partial charge >= 0.3 is 0 Å². The van der Waals surface area contributed by atoms with Crippen LogP contribution in [0.2, 0.25) is 0 Å². The van der Waals surface area contributed by atoms with Gasteiger partial charge in [0.15, 0.2) is 0 Å². The number of rotatable bonds is 7. The van der Waals surface area contributed by atoms with Crippen LogP contribution >= 0.6 is 0 Å². The van der Waals surface area contributed by atoms with Crippen LogP contribution in [0.25, 0.3) is 0 Å². The maximum absolute atomic E-state index is 12.4. The second-order valence-corrected chi connectivity index (χ2v) is 10.4. The molecule has 6 nitrogen and oxygen atoms in total. The van der Waals surface area contributed by atoms with E-state index in [1.54, 1.807) is 10.5 Å². The van der Waals surface area contributed by atoms with E-state index in [0.717, 1.165) is 5.69 Å². The van der Waals surface area contributed by atoms with Gasteiger partial charge in [0.25, 0.3) is 0 Å². The van der Waals surface area contributed by atoms with Gasteiger partial charge in [0.05, 0.1) is 30.7 Å². The van der Waals surface area contributed by atoms with Gasteiger partial charge in [-0.2, -0.15) is 9.40 Å². The van der Waals surface area contributed by atoms with Gasteiger partial charge in [-0.1, -0.05) is 20.8 Å². The smallest absolute Gasteiger partial charge is 0.212 e. The van der Waals surface area contributed by atoms with E-state index >= 15 is 0 Å². The lowest BCUT2D eigenvalue weighted by molar-refractivity contribution is -0.0308. The molecule has 0 saturated heterocycles. The van der Waals surface area contributed by atoms with Crippen LogP contribution in [0.3, 0.4) is 0 Å². The van der Waals surface area contributed by atoms with Crippen LogP contribution in [0.5, 0.6) is 0 Å². The van der Waals surface area contributed by atoms with E-state index in [9.17, 15) is 8.42 Å². The molecule has 0 aliphatic rings. The summed E-state index contributed by atoms with van der Waals surface area (Å²) in [5.41, 5.74) is 0.280. The molecule has 140 valence electrons. The van der Waals surface area contributed by atoms with Crippen molar-refractivity contribution in [3.63, 3.8) is 0 Å². The van der Waals surface area contributed by atoms with Gasteiger partial charge in [0, 0.05) is 18.2 Å². The Morgan fingerprint density at radius 2 is 1.83 bits per heavy atom. The lowest BCUT2D eigenvalue weighted by atomic mass is 9.90. The SMILES string of the molecule is CC(OCC(Cc1cc[nH]n1)N(C(C)(C)C)S(C)(=O)=O)C(C)(C)C. The van der Waals surface area contributed by atoms with Crippen molar-refractivity contribution in [3.05, 3.63) is 18.0 Å². The van der Waals surface area contributed by atoms with Crippen molar-refractivity contribution >= 4 is 10.0 Å². The number of aromatic amines is 1. The lowest BCUT2D eigenvalue weighted by Crippen LogP contribution is -2.54. The van der Waals surface area contributed by atoms with Crippen LogP contribution in [0.15, 0.2) is 12.3 Å². The Hall–Kier alpha value is -0.920. The van der Waals surface area contributed by atoms with Gasteiger partial charge in [-0.3, -0.25) is 5.10 Å². The minimum absolute atomic E-state index is 0.00542. The highest BCUT2D eigenvalue weighted by molar-refractivity contribution is 7.88. The van der Waals surface area contributed by atoms with Crippen LogP contribution in [0.1, 0.15) is 54.2 Å². The topological polar surface area (TPSA) is 75.3 Å². The molecule has 0 aromatic carbocycles. The van der Waals surface area contributed by atoms with Crippen molar-refractivity contribution in [2.24, 2.45) is 5.41 Å². The first-order valence-corrected chi connectivity index (χ1v) is 10.2. The molecule has 24 heavy (non-hydrogen) atoms. The lowest BCUT2D eigenvalue weighted by Gasteiger charge is -2.40. The molecule has 0 fully saturated rings. The molecule has 1 aromatic heterocycles. The molecule has 1 heterocycles. The van der Waals surface area contributed by atoms with Crippen molar-refractivity contribution in [3.8, 4) is 0 Å². The minimum atomic E-state index is -3.39. The van der Waals surface area contributed by atoms with Crippen LogP contribution in [-0.4, -0.2) is 53.5 Å². The molecule has 0 aliphatic carbocycles. The number of sulfonamides is 1. The van der Waals surface area contributed by atoms with E-state index in [2.05, 4.69) is 31.0 Å². The molecule has 1 aromatic rings. The Bertz CT molecular complexity index is 598. The summed E-state index contributed by atoms with van der Waals surface area (Å²) in [4.78, 5) is 0. The fourth-order valence-corrected chi connectivity index (χ4v) is 4.35. The summed E-state index contributed by atoms with van der Waals surface area (Å²) in [6.45, 7) is 14.4. The number of nitrogens with zero attached hydrogens (tertiary/aromatic N) is 2. The molecule has 7 heteroatoms.